The first kappa shape index (κ1) is 28.3. The molecule has 0 aliphatic rings. The summed E-state index contributed by atoms with van der Waals surface area (Å²) in [5, 5.41) is 7.21. The summed E-state index contributed by atoms with van der Waals surface area (Å²) >= 11 is 0. The lowest BCUT2D eigenvalue weighted by Crippen LogP contribution is -2.42. The van der Waals surface area contributed by atoms with Gasteiger partial charge in [0.25, 0.3) is 5.91 Å². The van der Waals surface area contributed by atoms with E-state index >= 15 is 0 Å². The van der Waals surface area contributed by atoms with Crippen molar-refractivity contribution in [1.29, 1.82) is 0 Å². The van der Waals surface area contributed by atoms with Gasteiger partial charge >= 0.3 is 0 Å². The molecule has 0 bridgehead atoms. The molecule has 0 aliphatic heterocycles. The van der Waals surface area contributed by atoms with E-state index in [0.29, 0.717) is 43.7 Å². The van der Waals surface area contributed by atoms with Crippen molar-refractivity contribution in [3.63, 3.8) is 0 Å². The van der Waals surface area contributed by atoms with Gasteiger partial charge in [0.05, 0.1) is 24.8 Å². The third-order valence-corrected chi connectivity index (χ3v) is 6.50. The summed E-state index contributed by atoms with van der Waals surface area (Å²) in [6.07, 6.45) is 1.79. The standard InChI is InChI=1S/C32H34N4O4/c33-28(18-22-12-14-24(15-13-22)23-8-2-1-3-9-23)32(39)35-16-6-7-17-40-29-20-26-11-5-4-10-25(26)19-27(29)31(38)36-21-30(34)37/h1-5,8-15,19-20,28H,6-7,16-18,21,33H2,(H2,34,37)(H,35,39)(H,36,38). The molecule has 0 aliphatic carbocycles. The average molecular weight is 539 g/mol. The molecule has 4 aromatic rings. The first-order valence-electron chi connectivity index (χ1n) is 13.3. The summed E-state index contributed by atoms with van der Waals surface area (Å²) in [4.78, 5) is 36.2. The highest BCUT2D eigenvalue weighted by Gasteiger charge is 2.16. The van der Waals surface area contributed by atoms with Gasteiger partial charge in [-0.1, -0.05) is 78.9 Å². The van der Waals surface area contributed by atoms with Gasteiger partial charge in [0, 0.05) is 6.54 Å². The Kier molecular flexibility index (Phi) is 9.85. The van der Waals surface area contributed by atoms with Gasteiger partial charge in [-0.15, -0.1) is 0 Å². The highest BCUT2D eigenvalue weighted by Crippen LogP contribution is 2.26. The number of unbranched alkanes of at least 4 members (excludes halogenated alkanes) is 1. The van der Waals surface area contributed by atoms with Gasteiger partial charge in [-0.05, 0) is 58.9 Å². The van der Waals surface area contributed by atoms with Crippen LogP contribution < -0.4 is 26.8 Å². The fourth-order valence-corrected chi connectivity index (χ4v) is 4.34. The van der Waals surface area contributed by atoms with Crippen molar-refractivity contribution in [2.75, 3.05) is 19.7 Å². The predicted molar refractivity (Wildman–Crippen MR) is 157 cm³/mol. The van der Waals surface area contributed by atoms with Crippen molar-refractivity contribution in [3.05, 3.63) is 102 Å². The van der Waals surface area contributed by atoms with Crippen LogP contribution in [0.3, 0.4) is 0 Å². The molecule has 40 heavy (non-hydrogen) atoms. The number of rotatable bonds is 13. The smallest absolute Gasteiger partial charge is 0.255 e. The molecule has 6 N–H and O–H groups in total. The Hall–Kier alpha value is -4.69. The number of nitrogens with two attached hydrogens (primary N) is 2. The molecule has 8 heteroatoms. The molecule has 0 heterocycles. The van der Waals surface area contributed by atoms with Crippen LogP contribution in [0.5, 0.6) is 5.75 Å². The molecule has 8 nitrogen and oxygen atoms in total. The van der Waals surface area contributed by atoms with Gasteiger partial charge in [0.15, 0.2) is 0 Å². The Balaban J connectivity index is 1.22. The third kappa shape index (κ3) is 7.91. The summed E-state index contributed by atoms with van der Waals surface area (Å²) in [6, 6.07) is 28.7. The molecule has 0 saturated heterocycles. The molecule has 0 spiro atoms. The SMILES string of the molecule is NC(=O)CNC(=O)c1cc2ccccc2cc1OCCCCNC(=O)C(N)Cc1ccc(-c2ccccc2)cc1. The van der Waals surface area contributed by atoms with Crippen molar-refractivity contribution in [2.45, 2.75) is 25.3 Å². The van der Waals surface area contributed by atoms with E-state index in [1.807, 2.05) is 72.8 Å². The van der Waals surface area contributed by atoms with E-state index in [9.17, 15) is 14.4 Å². The second kappa shape index (κ2) is 13.9. The monoisotopic (exact) mass is 538 g/mol. The summed E-state index contributed by atoms with van der Waals surface area (Å²) in [7, 11) is 0. The molecule has 0 aromatic heterocycles. The van der Waals surface area contributed by atoms with Crippen molar-refractivity contribution >= 4 is 28.5 Å². The zero-order chi connectivity index (χ0) is 28.3. The first-order chi connectivity index (χ1) is 19.4. The number of amides is 3. The zero-order valence-electron chi connectivity index (χ0n) is 22.3. The topological polar surface area (TPSA) is 137 Å². The summed E-state index contributed by atoms with van der Waals surface area (Å²) in [5.74, 6) is -0.837. The fraction of sp³-hybridized carbons (Fsp3) is 0.219. The number of nitrogens with one attached hydrogen (secondary N) is 2. The maximum atomic E-state index is 12.6. The fourth-order valence-electron chi connectivity index (χ4n) is 4.34. The first-order valence-corrected chi connectivity index (χ1v) is 13.3. The molecule has 0 radical (unpaired) electrons. The van der Waals surface area contributed by atoms with Crippen molar-refractivity contribution in [3.8, 4) is 16.9 Å². The lowest BCUT2D eigenvalue weighted by Gasteiger charge is -2.14. The van der Waals surface area contributed by atoms with Gasteiger partial charge in [0.1, 0.15) is 5.75 Å². The van der Waals surface area contributed by atoms with E-state index in [2.05, 4.69) is 22.8 Å². The second-order valence-electron chi connectivity index (χ2n) is 9.56. The molecule has 4 rings (SSSR count). The molecule has 0 fully saturated rings. The van der Waals surface area contributed by atoms with Crippen LogP contribution in [0, 0.1) is 0 Å². The van der Waals surface area contributed by atoms with E-state index < -0.39 is 17.9 Å². The quantitative estimate of drug-likeness (QED) is 0.193. The average Bonchev–Trinajstić information content (AvgIpc) is 2.97. The van der Waals surface area contributed by atoms with Crippen LogP contribution in [0.25, 0.3) is 21.9 Å². The lowest BCUT2D eigenvalue weighted by atomic mass is 10.0. The van der Waals surface area contributed by atoms with E-state index in [1.54, 1.807) is 6.07 Å². The van der Waals surface area contributed by atoms with Gasteiger partial charge in [0.2, 0.25) is 11.8 Å². The normalized spacial score (nSPS) is 11.5. The Morgan fingerprint density at radius 1 is 0.775 bits per heavy atom. The Morgan fingerprint density at radius 3 is 2.12 bits per heavy atom. The number of carbonyl (C=O) groups is 3. The van der Waals surface area contributed by atoms with E-state index in [4.69, 9.17) is 16.2 Å². The van der Waals surface area contributed by atoms with E-state index in [0.717, 1.165) is 27.5 Å². The summed E-state index contributed by atoms with van der Waals surface area (Å²) in [6.45, 7) is 0.558. The predicted octanol–water partition coefficient (Wildman–Crippen LogP) is 3.57. The Morgan fingerprint density at radius 2 is 1.43 bits per heavy atom. The second-order valence-corrected chi connectivity index (χ2v) is 9.56. The number of hydrogen-bond donors (Lipinski definition) is 4. The minimum atomic E-state index is -0.641. The molecule has 1 atom stereocenters. The molecule has 4 aromatic carbocycles. The molecular formula is C32H34N4O4. The van der Waals surface area contributed by atoms with Gasteiger partial charge in [-0.25, -0.2) is 0 Å². The maximum Gasteiger partial charge on any atom is 0.255 e. The van der Waals surface area contributed by atoms with Crippen LogP contribution >= 0.6 is 0 Å². The third-order valence-electron chi connectivity index (χ3n) is 6.50. The van der Waals surface area contributed by atoms with Crippen molar-refractivity contribution in [1.82, 2.24) is 10.6 Å². The number of hydrogen-bond acceptors (Lipinski definition) is 5. The van der Waals surface area contributed by atoms with E-state index in [-0.39, 0.29) is 12.5 Å². The van der Waals surface area contributed by atoms with Crippen LogP contribution in [0.1, 0.15) is 28.8 Å². The number of fused-ring (bicyclic) bond motifs is 1. The van der Waals surface area contributed by atoms with Crippen LogP contribution in [-0.2, 0) is 16.0 Å². The molecule has 206 valence electrons. The minimum absolute atomic E-state index is 0.198. The largest absolute Gasteiger partial charge is 0.493 e. The van der Waals surface area contributed by atoms with Crippen LogP contribution in [0.2, 0.25) is 0 Å². The number of ether oxygens (including phenoxy) is 1. The highest BCUT2D eigenvalue weighted by atomic mass is 16.5. The van der Waals surface area contributed by atoms with Gasteiger partial charge in [-0.3, -0.25) is 14.4 Å². The Labute approximate surface area is 233 Å². The number of carbonyl (C=O) groups excluding carboxylic acids is 3. The van der Waals surface area contributed by atoms with Gasteiger partial charge < -0.3 is 26.8 Å². The lowest BCUT2D eigenvalue weighted by molar-refractivity contribution is -0.122. The highest BCUT2D eigenvalue weighted by molar-refractivity contribution is 6.02. The van der Waals surface area contributed by atoms with Gasteiger partial charge in [-0.2, -0.15) is 0 Å². The molecule has 0 saturated carbocycles. The zero-order valence-corrected chi connectivity index (χ0v) is 22.3. The number of benzene rings is 4. The van der Waals surface area contributed by atoms with Crippen LogP contribution in [0.4, 0.5) is 0 Å². The number of primary amides is 1. The molecular weight excluding hydrogens is 504 g/mol. The minimum Gasteiger partial charge on any atom is -0.493 e. The van der Waals surface area contributed by atoms with Crippen LogP contribution in [0.15, 0.2) is 91.0 Å². The Bertz CT molecular complexity index is 1460. The molecule has 3 amide bonds. The molecule has 1 unspecified atom stereocenters. The van der Waals surface area contributed by atoms with E-state index in [1.165, 1.54) is 0 Å². The maximum absolute atomic E-state index is 12.6. The summed E-state index contributed by atoms with van der Waals surface area (Å²) < 4.78 is 5.93. The summed E-state index contributed by atoms with van der Waals surface area (Å²) in [5.41, 5.74) is 14.9. The van der Waals surface area contributed by atoms with Crippen molar-refractivity contribution < 1.29 is 19.1 Å². The van der Waals surface area contributed by atoms with Crippen molar-refractivity contribution in [2.24, 2.45) is 11.5 Å². The van der Waals surface area contributed by atoms with Crippen LogP contribution in [-0.4, -0.2) is 43.5 Å².